The Morgan fingerprint density at radius 3 is 2.55 bits per heavy atom. The Labute approximate surface area is 186 Å². The Hall–Kier alpha value is -2.25. The first-order valence-electron chi connectivity index (χ1n) is 11.0. The second-order valence-electron chi connectivity index (χ2n) is 9.83. The number of benzene rings is 1. The van der Waals surface area contributed by atoms with Crippen molar-refractivity contribution in [2.45, 2.75) is 64.1 Å². The lowest BCUT2D eigenvalue weighted by Gasteiger charge is -2.60. The minimum atomic E-state index is -0.568. The molecule has 4 saturated carbocycles. The molecule has 2 aromatic rings. The second-order valence-corrected chi connectivity index (χ2v) is 10.7. The molecule has 0 aliphatic heterocycles. The van der Waals surface area contributed by atoms with Crippen LogP contribution in [0.3, 0.4) is 0 Å². The fourth-order valence-electron chi connectivity index (χ4n) is 6.59. The van der Waals surface area contributed by atoms with E-state index in [-0.39, 0.29) is 23.9 Å². The van der Waals surface area contributed by atoms with Gasteiger partial charge in [0.1, 0.15) is 6.61 Å². The summed E-state index contributed by atoms with van der Waals surface area (Å²) in [6, 6.07) is 9.38. The predicted molar refractivity (Wildman–Crippen MR) is 118 cm³/mol. The van der Waals surface area contributed by atoms with Gasteiger partial charge in [-0.15, -0.1) is 11.3 Å². The van der Waals surface area contributed by atoms with E-state index in [1.165, 1.54) is 24.7 Å². The lowest BCUT2D eigenvalue weighted by Crippen LogP contribution is -2.56. The highest BCUT2D eigenvalue weighted by molar-refractivity contribution is 7.14. The van der Waals surface area contributed by atoms with E-state index in [4.69, 9.17) is 4.74 Å². The van der Waals surface area contributed by atoms with Crippen molar-refractivity contribution in [1.29, 1.82) is 0 Å². The van der Waals surface area contributed by atoms with Crippen molar-refractivity contribution in [1.82, 2.24) is 4.98 Å². The number of carbonyl (C=O) groups excluding carboxylic acids is 2. The van der Waals surface area contributed by atoms with Crippen LogP contribution in [0, 0.1) is 17.3 Å². The number of para-hydroxylation sites is 1. The summed E-state index contributed by atoms with van der Waals surface area (Å²) in [5, 5.41) is 13.3. The second kappa shape index (κ2) is 7.71. The third kappa shape index (κ3) is 4.13. The maximum Gasteiger partial charge on any atom is 0.306 e. The minimum absolute atomic E-state index is 0.0953. The minimum Gasteiger partial charge on any atom is -0.459 e. The molecule has 4 aliphatic carbocycles. The summed E-state index contributed by atoms with van der Waals surface area (Å²) in [6.07, 6.45) is 6.18. The van der Waals surface area contributed by atoms with Gasteiger partial charge in [0, 0.05) is 12.3 Å². The Bertz CT molecular complexity index is 974. The van der Waals surface area contributed by atoms with Crippen molar-refractivity contribution in [3.63, 3.8) is 0 Å². The quantitative estimate of drug-likeness (QED) is 0.665. The molecular weight excluding hydrogens is 412 g/mol. The summed E-state index contributed by atoms with van der Waals surface area (Å²) < 4.78 is 5.58. The smallest absolute Gasteiger partial charge is 0.306 e. The van der Waals surface area contributed by atoms with E-state index in [1.54, 1.807) is 4.90 Å². The van der Waals surface area contributed by atoms with E-state index in [1.807, 2.05) is 35.7 Å². The zero-order valence-electron chi connectivity index (χ0n) is 17.8. The molecule has 6 nitrogen and oxygen atoms in total. The van der Waals surface area contributed by atoms with Crippen molar-refractivity contribution >= 4 is 34.0 Å². The van der Waals surface area contributed by atoms with Gasteiger partial charge < -0.3 is 9.84 Å². The molecule has 0 radical (unpaired) electrons. The highest BCUT2D eigenvalue weighted by atomic mass is 32.1. The number of hydrogen-bond acceptors (Lipinski definition) is 6. The number of nitrogens with zero attached hydrogens (tertiary/aromatic N) is 2. The van der Waals surface area contributed by atoms with Gasteiger partial charge >= 0.3 is 5.97 Å². The van der Waals surface area contributed by atoms with Gasteiger partial charge in [-0.2, -0.15) is 0 Å². The Morgan fingerprint density at radius 2 is 1.90 bits per heavy atom. The first-order valence-corrected chi connectivity index (χ1v) is 11.9. The molecule has 164 valence electrons. The number of anilines is 2. The fraction of sp³-hybridized carbons (Fsp3) is 0.542. The zero-order chi connectivity index (χ0) is 21.6. The molecule has 1 heterocycles. The van der Waals surface area contributed by atoms with Gasteiger partial charge in [0.15, 0.2) is 5.13 Å². The topological polar surface area (TPSA) is 79.7 Å². The molecule has 0 unspecified atom stereocenters. The summed E-state index contributed by atoms with van der Waals surface area (Å²) >= 11 is 1.36. The molecular formula is C24H28N2O4S. The highest BCUT2D eigenvalue weighted by Crippen LogP contribution is 2.62. The number of carbonyl (C=O) groups is 2. The van der Waals surface area contributed by atoms with Crippen molar-refractivity contribution in [3.05, 3.63) is 41.4 Å². The number of ether oxygens (including phenoxy) is 1. The van der Waals surface area contributed by atoms with Crippen molar-refractivity contribution in [2.24, 2.45) is 17.3 Å². The summed E-state index contributed by atoms with van der Waals surface area (Å²) in [7, 11) is 0. The Kier molecular flexibility index (Phi) is 5.13. The average molecular weight is 441 g/mol. The van der Waals surface area contributed by atoms with Crippen molar-refractivity contribution < 1.29 is 19.4 Å². The van der Waals surface area contributed by atoms with Crippen LogP contribution in [0.2, 0.25) is 0 Å². The third-order valence-corrected chi connectivity index (χ3v) is 7.99. The summed E-state index contributed by atoms with van der Waals surface area (Å²) in [5.74, 6) is 0.766. The summed E-state index contributed by atoms with van der Waals surface area (Å²) in [4.78, 5) is 31.0. The van der Waals surface area contributed by atoms with Gasteiger partial charge in [0.2, 0.25) is 5.91 Å². The molecule has 1 aromatic heterocycles. The standard InChI is InChI=1S/C24H28N2O4S/c1-16(27)26(20-5-3-2-4-6-20)22-25-19(14-31-22)13-30-21(28)12-23-8-17-7-18(9-23)11-24(29,10-17)15-23/h2-6,14,17-18,29H,7-13,15H2,1H3/t17-,18-,23?,24?/m1/s1. The van der Waals surface area contributed by atoms with Gasteiger partial charge in [-0.3, -0.25) is 14.5 Å². The third-order valence-electron chi connectivity index (χ3n) is 7.11. The normalized spacial score (nSPS) is 30.9. The fourth-order valence-corrected chi connectivity index (χ4v) is 7.46. The van der Waals surface area contributed by atoms with Crippen molar-refractivity contribution in [2.75, 3.05) is 4.90 Å². The monoisotopic (exact) mass is 440 g/mol. The van der Waals surface area contributed by atoms with Crippen LogP contribution in [0.5, 0.6) is 0 Å². The van der Waals surface area contributed by atoms with Gasteiger partial charge in [-0.05, 0) is 67.9 Å². The lowest BCUT2D eigenvalue weighted by atomic mass is 9.47. The molecule has 4 bridgehead atoms. The first kappa shape index (κ1) is 20.6. The summed E-state index contributed by atoms with van der Waals surface area (Å²) in [5.41, 5.74) is 0.733. The predicted octanol–water partition coefficient (Wildman–Crippen LogP) is 4.59. The molecule has 2 atom stereocenters. The molecule has 4 fully saturated rings. The summed E-state index contributed by atoms with van der Waals surface area (Å²) in [6.45, 7) is 1.61. The maximum atomic E-state index is 12.7. The van der Waals surface area contributed by atoms with E-state index in [0.29, 0.717) is 29.1 Å². The van der Waals surface area contributed by atoms with Crippen LogP contribution in [0.4, 0.5) is 10.8 Å². The van der Waals surface area contributed by atoms with E-state index in [9.17, 15) is 14.7 Å². The molecule has 0 spiro atoms. The van der Waals surface area contributed by atoms with Gasteiger partial charge in [-0.1, -0.05) is 18.2 Å². The van der Waals surface area contributed by atoms with Gasteiger partial charge in [0.05, 0.1) is 23.4 Å². The molecule has 6 rings (SSSR count). The van der Waals surface area contributed by atoms with Crippen LogP contribution >= 0.6 is 11.3 Å². The van der Waals surface area contributed by atoms with E-state index in [2.05, 4.69) is 4.98 Å². The molecule has 0 saturated heterocycles. The molecule has 1 aromatic carbocycles. The van der Waals surface area contributed by atoms with Crippen molar-refractivity contribution in [3.8, 4) is 0 Å². The highest BCUT2D eigenvalue weighted by Gasteiger charge is 2.57. The zero-order valence-corrected chi connectivity index (χ0v) is 18.6. The van der Waals surface area contributed by atoms with Crippen LogP contribution in [-0.4, -0.2) is 27.6 Å². The number of esters is 1. The van der Waals surface area contributed by atoms with Crippen LogP contribution < -0.4 is 4.90 Å². The Balaban J connectivity index is 1.22. The van der Waals surface area contributed by atoms with E-state index >= 15 is 0 Å². The van der Waals surface area contributed by atoms with Crippen LogP contribution in [0.1, 0.15) is 57.6 Å². The molecule has 4 aliphatic rings. The largest absolute Gasteiger partial charge is 0.459 e. The van der Waals surface area contributed by atoms with Crippen LogP contribution in [-0.2, 0) is 20.9 Å². The lowest BCUT2D eigenvalue weighted by molar-refractivity contribution is -0.177. The van der Waals surface area contributed by atoms with E-state index in [0.717, 1.165) is 37.8 Å². The molecule has 1 amide bonds. The SMILES string of the molecule is CC(=O)N(c1ccccc1)c1nc(COC(=O)CC23C[C@H]4C[C@@H](CC(O)(C4)C2)C3)cs1. The molecule has 7 heteroatoms. The Morgan fingerprint density at radius 1 is 1.19 bits per heavy atom. The number of hydrogen-bond donors (Lipinski definition) is 1. The van der Waals surface area contributed by atoms with Gasteiger partial charge in [0.25, 0.3) is 0 Å². The average Bonchev–Trinajstić information content (AvgIpc) is 3.13. The number of aliphatic hydroxyl groups is 1. The first-order chi connectivity index (χ1) is 14.8. The van der Waals surface area contributed by atoms with Crippen LogP contribution in [0.25, 0.3) is 0 Å². The number of aromatic nitrogens is 1. The van der Waals surface area contributed by atoms with Gasteiger partial charge in [-0.25, -0.2) is 4.98 Å². The number of amides is 1. The number of rotatable bonds is 6. The molecule has 31 heavy (non-hydrogen) atoms. The maximum absolute atomic E-state index is 12.7. The van der Waals surface area contributed by atoms with E-state index < -0.39 is 5.60 Å². The van der Waals surface area contributed by atoms with Crippen LogP contribution in [0.15, 0.2) is 35.7 Å². The molecule has 1 N–H and O–H groups in total. The number of thiazole rings is 1.